The van der Waals surface area contributed by atoms with E-state index in [0.717, 1.165) is 6.07 Å². The standard InChI is InChI=1S/C19H25FNO7P/c1-5-25-18(22)15(19(23)26-6-2)16-17(29(24,27-7-3)28-8-4)13-11-12(20)9-10-14(13)21-16/h9-11,15,21H,5-8H2,1-4H3. The largest absolute Gasteiger partial charge is 0.465 e. The lowest BCUT2D eigenvalue weighted by atomic mass is 10.1. The van der Waals surface area contributed by atoms with Gasteiger partial charge in [-0.2, -0.15) is 0 Å². The second kappa shape index (κ2) is 10.0. The van der Waals surface area contributed by atoms with Crippen molar-refractivity contribution in [2.45, 2.75) is 33.6 Å². The summed E-state index contributed by atoms with van der Waals surface area (Å²) in [7, 11) is -4.01. The maximum Gasteiger partial charge on any atom is 0.363 e. The Balaban J connectivity index is 2.83. The molecule has 2 aromatic rings. The van der Waals surface area contributed by atoms with Crippen LogP contribution in [0.5, 0.6) is 0 Å². The first-order valence-electron chi connectivity index (χ1n) is 9.36. The maximum absolute atomic E-state index is 14.0. The van der Waals surface area contributed by atoms with Gasteiger partial charge in [0, 0.05) is 10.9 Å². The van der Waals surface area contributed by atoms with E-state index in [0.29, 0.717) is 5.52 Å². The van der Waals surface area contributed by atoms with Crippen molar-refractivity contribution in [1.29, 1.82) is 0 Å². The van der Waals surface area contributed by atoms with E-state index >= 15 is 0 Å². The van der Waals surface area contributed by atoms with E-state index in [4.69, 9.17) is 18.5 Å². The number of hydrogen-bond donors (Lipinski definition) is 1. The van der Waals surface area contributed by atoms with Crippen molar-refractivity contribution in [3.63, 3.8) is 0 Å². The zero-order chi connectivity index (χ0) is 21.6. The zero-order valence-electron chi connectivity index (χ0n) is 16.8. The van der Waals surface area contributed by atoms with Crippen LogP contribution < -0.4 is 5.30 Å². The van der Waals surface area contributed by atoms with Crippen LogP contribution in [0.3, 0.4) is 0 Å². The van der Waals surface area contributed by atoms with Crippen molar-refractivity contribution in [3.8, 4) is 0 Å². The van der Waals surface area contributed by atoms with Gasteiger partial charge in [-0.05, 0) is 45.9 Å². The Bertz CT molecular complexity index is 899. The van der Waals surface area contributed by atoms with Gasteiger partial charge in [-0.25, -0.2) is 4.39 Å². The minimum atomic E-state index is -4.01. The first-order chi connectivity index (χ1) is 13.8. The molecule has 0 spiro atoms. The number of esters is 2. The molecule has 29 heavy (non-hydrogen) atoms. The molecule has 0 fully saturated rings. The van der Waals surface area contributed by atoms with Crippen molar-refractivity contribution in [3.05, 3.63) is 29.7 Å². The molecule has 1 heterocycles. The summed E-state index contributed by atoms with van der Waals surface area (Å²) < 4.78 is 48.5. The molecule has 0 aliphatic heterocycles. The van der Waals surface area contributed by atoms with E-state index in [1.54, 1.807) is 27.7 Å². The first kappa shape index (κ1) is 23.1. The van der Waals surface area contributed by atoms with Crippen molar-refractivity contribution in [2.75, 3.05) is 26.4 Å². The van der Waals surface area contributed by atoms with Crippen LogP contribution in [0.1, 0.15) is 39.3 Å². The second-order valence-corrected chi connectivity index (χ2v) is 7.81. The molecule has 0 bridgehead atoms. The molecule has 0 radical (unpaired) electrons. The van der Waals surface area contributed by atoms with Crippen LogP contribution in [0.25, 0.3) is 10.9 Å². The zero-order valence-corrected chi connectivity index (χ0v) is 17.7. The van der Waals surface area contributed by atoms with Gasteiger partial charge < -0.3 is 23.5 Å². The van der Waals surface area contributed by atoms with Crippen molar-refractivity contribution in [1.82, 2.24) is 4.98 Å². The average Bonchev–Trinajstić information content (AvgIpc) is 3.01. The summed E-state index contributed by atoms with van der Waals surface area (Å²) in [6.07, 6.45) is 0. The molecule has 0 aliphatic rings. The maximum atomic E-state index is 14.0. The lowest BCUT2D eigenvalue weighted by Crippen LogP contribution is -2.30. The Morgan fingerprint density at radius 1 is 1.00 bits per heavy atom. The third kappa shape index (κ3) is 4.86. The Morgan fingerprint density at radius 2 is 1.55 bits per heavy atom. The number of H-pyrrole nitrogens is 1. The Labute approximate surface area is 168 Å². The minimum absolute atomic E-state index is 0.0213. The second-order valence-electron chi connectivity index (χ2n) is 5.85. The lowest BCUT2D eigenvalue weighted by Gasteiger charge is -2.21. The highest BCUT2D eigenvalue weighted by Gasteiger charge is 2.42. The summed E-state index contributed by atoms with van der Waals surface area (Å²) in [4.78, 5) is 28.1. The van der Waals surface area contributed by atoms with Gasteiger partial charge in [0.05, 0.1) is 37.4 Å². The van der Waals surface area contributed by atoms with Crippen LogP contribution in [-0.4, -0.2) is 43.4 Å². The fraction of sp³-hybridized carbons (Fsp3) is 0.474. The number of aromatic amines is 1. The van der Waals surface area contributed by atoms with Crippen molar-refractivity contribution < 1.29 is 37.1 Å². The average molecular weight is 429 g/mol. The normalized spacial score (nSPS) is 11.8. The molecule has 10 heteroatoms. The van der Waals surface area contributed by atoms with Gasteiger partial charge in [0.25, 0.3) is 0 Å². The highest BCUT2D eigenvalue weighted by atomic mass is 31.2. The number of aromatic nitrogens is 1. The van der Waals surface area contributed by atoms with E-state index < -0.39 is 31.3 Å². The third-order valence-electron chi connectivity index (χ3n) is 3.97. The summed E-state index contributed by atoms with van der Waals surface area (Å²) in [5, 5.41) is 0.102. The van der Waals surface area contributed by atoms with Crippen LogP contribution in [0.4, 0.5) is 4.39 Å². The third-order valence-corrected chi connectivity index (χ3v) is 6.19. The molecule has 1 aromatic heterocycles. The number of carbonyl (C=O) groups excluding carboxylic acids is 2. The summed E-state index contributed by atoms with van der Waals surface area (Å²) in [6.45, 7) is 6.52. The van der Waals surface area contributed by atoms with Gasteiger partial charge in [0.2, 0.25) is 0 Å². The van der Waals surface area contributed by atoms with Crippen LogP contribution in [-0.2, 0) is 32.7 Å². The number of ether oxygens (including phenoxy) is 2. The summed E-state index contributed by atoms with van der Waals surface area (Å²) in [5.74, 6) is -3.93. The van der Waals surface area contributed by atoms with Crippen LogP contribution in [0.2, 0.25) is 0 Å². The fourth-order valence-corrected chi connectivity index (χ4v) is 4.94. The number of hydrogen-bond acceptors (Lipinski definition) is 7. The first-order valence-corrected chi connectivity index (χ1v) is 10.9. The topological polar surface area (TPSA) is 104 Å². The van der Waals surface area contributed by atoms with Gasteiger partial charge in [-0.3, -0.25) is 14.2 Å². The van der Waals surface area contributed by atoms with Crippen LogP contribution in [0.15, 0.2) is 18.2 Å². The molecule has 0 aliphatic carbocycles. The van der Waals surface area contributed by atoms with E-state index in [2.05, 4.69) is 4.98 Å². The summed E-state index contributed by atoms with van der Waals surface area (Å²) in [6, 6.07) is 3.75. The van der Waals surface area contributed by atoms with Crippen LogP contribution >= 0.6 is 7.60 Å². The quantitative estimate of drug-likeness (QED) is 0.351. The monoisotopic (exact) mass is 429 g/mol. The van der Waals surface area contributed by atoms with Crippen molar-refractivity contribution >= 4 is 35.7 Å². The van der Waals surface area contributed by atoms with Gasteiger partial charge in [-0.1, -0.05) is 0 Å². The van der Waals surface area contributed by atoms with Gasteiger partial charge in [-0.15, -0.1) is 0 Å². The molecule has 2 rings (SSSR count). The molecular formula is C19H25FNO7P. The number of rotatable bonds is 10. The molecular weight excluding hydrogens is 404 g/mol. The van der Waals surface area contributed by atoms with Gasteiger partial charge in [0.1, 0.15) is 5.82 Å². The predicted octanol–water partition coefficient (Wildman–Crippen LogP) is 3.41. The summed E-state index contributed by atoms with van der Waals surface area (Å²) in [5.41, 5.74) is 0.294. The highest BCUT2D eigenvalue weighted by Crippen LogP contribution is 2.50. The Hall–Kier alpha value is -2.22. The smallest absolute Gasteiger partial charge is 0.363 e. The molecule has 0 amide bonds. The van der Waals surface area contributed by atoms with Crippen molar-refractivity contribution in [2.24, 2.45) is 0 Å². The molecule has 1 aromatic carbocycles. The lowest BCUT2D eigenvalue weighted by molar-refractivity contribution is -0.157. The molecule has 0 unspecified atom stereocenters. The number of nitrogens with one attached hydrogen (secondary N) is 1. The molecule has 0 atom stereocenters. The number of carbonyl (C=O) groups is 2. The van der Waals surface area contributed by atoms with E-state index in [9.17, 15) is 18.5 Å². The Morgan fingerprint density at radius 3 is 2.03 bits per heavy atom. The minimum Gasteiger partial charge on any atom is -0.465 e. The SMILES string of the molecule is CCOC(=O)C(C(=O)OCC)c1[nH]c2ccc(F)cc2c1P(=O)(OCC)OCC. The van der Waals surface area contributed by atoms with Crippen LogP contribution in [0, 0.1) is 5.82 Å². The molecule has 0 saturated carbocycles. The molecule has 1 N–H and O–H groups in total. The molecule has 8 nitrogen and oxygen atoms in total. The highest BCUT2D eigenvalue weighted by molar-refractivity contribution is 7.63. The number of halogens is 1. The molecule has 0 saturated heterocycles. The Kier molecular flexibility index (Phi) is 7.96. The summed E-state index contributed by atoms with van der Waals surface area (Å²) >= 11 is 0. The number of fused-ring (bicyclic) bond motifs is 1. The van der Waals surface area contributed by atoms with Gasteiger partial charge >= 0.3 is 19.5 Å². The van der Waals surface area contributed by atoms with E-state index in [-0.39, 0.29) is 42.8 Å². The van der Waals surface area contributed by atoms with Gasteiger partial charge in [0.15, 0.2) is 5.92 Å². The number of benzene rings is 1. The predicted molar refractivity (Wildman–Crippen MR) is 105 cm³/mol. The van der Waals surface area contributed by atoms with E-state index in [1.807, 2.05) is 0 Å². The molecule has 160 valence electrons. The fourth-order valence-electron chi connectivity index (χ4n) is 2.96. The van der Waals surface area contributed by atoms with E-state index in [1.165, 1.54) is 12.1 Å².